The van der Waals surface area contributed by atoms with Gasteiger partial charge in [-0.15, -0.1) is 0 Å². The second kappa shape index (κ2) is 7.34. The van der Waals surface area contributed by atoms with Gasteiger partial charge in [0.2, 0.25) is 0 Å². The molecule has 20 heavy (non-hydrogen) atoms. The summed E-state index contributed by atoms with van der Waals surface area (Å²) >= 11 is 5.88. The van der Waals surface area contributed by atoms with Crippen LogP contribution >= 0.6 is 11.6 Å². The highest BCUT2D eigenvalue weighted by molar-refractivity contribution is 6.30. The summed E-state index contributed by atoms with van der Waals surface area (Å²) in [4.78, 5) is 12.0. The minimum atomic E-state index is -0.530. The SMILES string of the molecule is CC(Oc1cccc(Cl)c1)C(=O)NCC1=CCCCC1. The normalized spacial score (nSPS) is 16.2. The van der Waals surface area contributed by atoms with E-state index in [1.54, 1.807) is 31.2 Å². The van der Waals surface area contributed by atoms with Crippen LogP contribution in [-0.2, 0) is 4.79 Å². The third kappa shape index (κ3) is 4.57. The van der Waals surface area contributed by atoms with E-state index in [-0.39, 0.29) is 5.91 Å². The minimum absolute atomic E-state index is 0.101. The van der Waals surface area contributed by atoms with Gasteiger partial charge in [-0.2, -0.15) is 0 Å². The predicted octanol–water partition coefficient (Wildman–Crippen LogP) is 3.72. The zero-order chi connectivity index (χ0) is 14.4. The molecule has 0 saturated carbocycles. The van der Waals surface area contributed by atoms with E-state index in [9.17, 15) is 4.79 Å². The lowest BCUT2D eigenvalue weighted by molar-refractivity contribution is -0.127. The number of ether oxygens (including phenoxy) is 1. The molecular formula is C16H20ClNO2. The monoisotopic (exact) mass is 293 g/mol. The first kappa shape index (κ1) is 14.9. The molecule has 0 bridgehead atoms. The number of nitrogens with one attached hydrogen (secondary N) is 1. The number of hydrogen-bond acceptors (Lipinski definition) is 2. The topological polar surface area (TPSA) is 38.3 Å². The summed E-state index contributed by atoms with van der Waals surface area (Å²) in [7, 11) is 0. The van der Waals surface area contributed by atoms with Crippen LogP contribution in [0.5, 0.6) is 5.75 Å². The van der Waals surface area contributed by atoms with E-state index >= 15 is 0 Å². The van der Waals surface area contributed by atoms with Crippen LogP contribution in [0, 0.1) is 0 Å². The van der Waals surface area contributed by atoms with Gasteiger partial charge in [-0.25, -0.2) is 0 Å². The molecule has 1 unspecified atom stereocenters. The number of hydrogen-bond donors (Lipinski definition) is 1. The molecule has 3 nitrogen and oxygen atoms in total. The van der Waals surface area contributed by atoms with Crippen LogP contribution in [0.4, 0.5) is 0 Å². The Morgan fingerprint density at radius 2 is 2.30 bits per heavy atom. The van der Waals surface area contributed by atoms with Crippen molar-refractivity contribution in [2.24, 2.45) is 0 Å². The Kier molecular flexibility index (Phi) is 5.48. The summed E-state index contributed by atoms with van der Waals surface area (Å²) in [6.07, 6.45) is 6.38. The molecule has 2 rings (SSSR count). The van der Waals surface area contributed by atoms with Gasteiger partial charge in [-0.3, -0.25) is 4.79 Å². The second-order valence-electron chi connectivity index (χ2n) is 5.04. The molecule has 4 heteroatoms. The summed E-state index contributed by atoms with van der Waals surface area (Å²) in [5.74, 6) is 0.508. The fraction of sp³-hybridized carbons (Fsp3) is 0.438. The highest BCUT2D eigenvalue weighted by atomic mass is 35.5. The maximum absolute atomic E-state index is 12.0. The summed E-state index contributed by atoms with van der Waals surface area (Å²) in [6.45, 7) is 2.37. The predicted molar refractivity (Wildman–Crippen MR) is 81.1 cm³/mol. The first-order valence-corrected chi connectivity index (χ1v) is 7.41. The van der Waals surface area contributed by atoms with Crippen molar-refractivity contribution in [3.63, 3.8) is 0 Å². The first-order chi connectivity index (χ1) is 9.65. The van der Waals surface area contributed by atoms with E-state index in [0.717, 1.165) is 12.8 Å². The quantitative estimate of drug-likeness (QED) is 0.840. The number of carbonyl (C=O) groups excluding carboxylic acids is 1. The smallest absolute Gasteiger partial charge is 0.261 e. The summed E-state index contributed by atoms with van der Waals surface area (Å²) in [5.41, 5.74) is 1.32. The van der Waals surface area contributed by atoms with Gasteiger partial charge in [0, 0.05) is 11.6 Å². The van der Waals surface area contributed by atoms with Crippen molar-refractivity contribution >= 4 is 17.5 Å². The van der Waals surface area contributed by atoms with E-state index in [1.807, 2.05) is 0 Å². The average Bonchev–Trinajstić information content (AvgIpc) is 2.46. The molecule has 0 aliphatic heterocycles. The molecule has 1 aromatic carbocycles. The number of rotatable bonds is 5. The molecule has 1 aliphatic carbocycles. The van der Waals surface area contributed by atoms with Crippen molar-refractivity contribution in [1.29, 1.82) is 0 Å². The van der Waals surface area contributed by atoms with Crippen LogP contribution in [0.2, 0.25) is 5.02 Å². The number of amides is 1. The number of halogens is 1. The molecule has 0 heterocycles. The Morgan fingerprint density at radius 1 is 1.45 bits per heavy atom. The summed E-state index contributed by atoms with van der Waals surface area (Å²) < 4.78 is 5.58. The highest BCUT2D eigenvalue weighted by Gasteiger charge is 2.15. The van der Waals surface area contributed by atoms with Gasteiger partial charge in [0.25, 0.3) is 5.91 Å². The molecule has 108 valence electrons. The Labute approximate surface area is 125 Å². The van der Waals surface area contributed by atoms with Gasteiger partial charge in [-0.05, 0) is 50.8 Å². The standard InChI is InChI=1S/C16H20ClNO2/c1-12(20-15-9-5-8-14(17)10-15)16(19)18-11-13-6-3-2-4-7-13/h5-6,8-10,12H,2-4,7,11H2,1H3,(H,18,19). The molecule has 0 fully saturated rings. The molecular weight excluding hydrogens is 274 g/mol. The zero-order valence-corrected chi connectivity index (χ0v) is 12.5. The Bertz CT molecular complexity index is 499. The molecule has 1 atom stereocenters. The zero-order valence-electron chi connectivity index (χ0n) is 11.7. The Morgan fingerprint density at radius 3 is 3.00 bits per heavy atom. The Balaban J connectivity index is 1.81. The van der Waals surface area contributed by atoms with Gasteiger partial charge in [0.1, 0.15) is 5.75 Å². The molecule has 1 amide bonds. The lowest BCUT2D eigenvalue weighted by Gasteiger charge is -2.17. The van der Waals surface area contributed by atoms with Gasteiger partial charge in [-0.1, -0.05) is 29.3 Å². The molecule has 1 aromatic rings. The van der Waals surface area contributed by atoms with Crippen LogP contribution in [0.1, 0.15) is 32.6 Å². The maximum atomic E-state index is 12.0. The van der Waals surface area contributed by atoms with E-state index < -0.39 is 6.10 Å². The van der Waals surface area contributed by atoms with Crippen LogP contribution in [0.3, 0.4) is 0 Å². The van der Waals surface area contributed by atoms with Crippen LogP contribution in [-0.4, -0.2) is 18.6 Å². The van der Waals surface area contributed by atoms with Crippen molar-refractivity contribution in [3.8, 4) is 5.75 Å². The molecule has 0 saturated heterocycles. The van der Waals surface area contributed by atoms with E-state index in [4.69, 9.17) is 16.3 Å². The molecule has 1 N–H and O–H groups in total. The molecule has 0 radical (unpaired) electrons. The van der Waals surface area contributed by atoms with Gasteiger partial charge < -0.3 is 10.1 Å². The van der Waals surface area contributed by atoms with Gasteiger partial charge in [0.05, 0.1) is 0 Å². The van der Waals surface area contributed by atoms with Crippen molar-refractivity contribution in [1.82, 2.24) is 5.32 Å². The first-order valence-electron chi connectivity index (χ1n) is 7.03. The number of carbonyl (C=O) groups is 1. The second-order valence-corrected chi connectivity index (χ2v) is 5.48. The highest BCUT2D eigenvalue weighted by Crippen LogP contribution is 2.19. The Hall–Kier alpha value is -1.48. The molecule has 0 aromatic heterocycles. The number of allylic oxidation sites excluding steroid dienone is 1. The minimum Gasteiger partial charge on any atom is -0.481 e. The molecule has 1 aliphatic rings. The largest absolute Gasteiger partial charge is 0.481 e. The van der Waals surface area contributed by atoms with E-state index in [0.29, 0.717) is 17.3 Å². The fourth-order valence-corrected chi connectivity index (χ4v) is 2.39. The van der Waals surface area contributed by atoms with Crippen LogP contribution < -0.4 is 10.1 Å². The van der Waals surface area contributed by atoms with Crippen molar-refractivity contribution in [2.45, 2.75) is 38.7 Å². The fourth-order valence-electron chi connectivity index (χ4n) is 2.21. The lowest BCUT2D eigenvalue weighted by Crippen LogP contribution is -2.37. The van der Waals surface area contributed by atoms with Crippen molar-refractivity contribution in [2.75, 3.05) is 6.54 Å². The van der Waals surface area contributed by atoms with Crippen molar-refractivity contribution < 1.29 is 9.53 Å². The summed E-state index contributed by atoms with van der Waals surface area (Å²) in [5, 5.41) is 3.52. The lowest BCUT2D eigenvalue weighted by atomic mass is 10.00. The average molecular weight is 294 g/mol. The molecule has 0 spiro atoms. The van der Waals surface area contributed by atoms with E-state index in [1.165, 1.54) is 18.4 Å². The van der Waals surface area contributed by atoms with Crippen molar-refractivity contribution in [3.05, 3.63) is 40.9 Å². The van der Waals surface area contributed by atoms with Crippen LogP contribution in [0.25, 0.3) is 0 Å². The van der Waals surface area contributed by atoms with Gasteiger partial charge >= 0.3 is 0 Å². The third-order valence-electron chi connectivity index (χ3n) is 3.35. The van der Waals surface area contributed by atoms with Gasteiger partial charge in [0.15, 0.2) is 6.10 Å². The maximum Gasteiger partial charge on any atom is 0.261 e. The number of benzene rings is 1. The summed E-state index contributed by atoms with van der Waals surface area (Å²) in [6, 6.07) is 7.07. The van der Waals surface area contributed by atoms with E-state index in [2.05, 4.69) is 11.4 Å². The third-order valence-corrected chi connectivity index (χ3v) is 3.59. The van der Waals surface area contributed by atoms with Crippen LogP contribution in [0.15, 0.2) is 35.9 Å².